The van der Waals surface area contributed by atoms with Crippen molar-refractivity contribution in [2.24, 2.45) is 0 Å². The van der Waals surface area contributed by atoms with Gasteiger partial charge in [0, 0.05) is 32.2 Å². The first-order chi connectivity index (χ1) is 17.1. The molecule has 1 atom stereocenters. The smallest absolute Gasteiger partial charge is 0.419 e. The van der Waals surface area contributed by atoms with E-state index in [0.29, 0.717) is 32.1 Å². The van der Waals surface area contributed by atoms with E-state index < -0.39 is 36.1 Å². The number of ether oxygens (including phenoxy) is 1. The number of hydrogen-bond acceptors (Lipinski definition) is 5. The van der Waals surface area contributed by atoms with Crippen LogP contribution in [0.1, 0.15) is 55.3 Å². The average molecular weight is 525 g/mol. The zero-order valence-corrected chi connectivity index (χ0v) is 20.4. The van der Waals surface area contributed by atoms with Gasteiger partial charge in [-0.1, -0.05) is 31.4 Å². The molecule has 0 radical (unpaired) electrons. The summed E-state index contributed by atoms with van der Waals surface area (Å²) in [5, 5.41) is 11.6. The molecule has 8 nitrogen and oxygen atoms in total. The summed E-state index contributed by atoms with van der Waals surface area (Å²) < 4.78 is 69.3. The predicted molar refractivity (Wildman–Crippen MR) is 126 cm³/mol. The molecule has 2 aliphatic heterocycles. The lowest BCUT2D eigenvalue weighted by atomic mass is 9.84. The maximum absolute atomic E-state index is 14.1. The molecular formula is C24H27F3N3O5P. The zero-order valence-electron chi connectivity index (χ0n) is 19.5. The van der Waals surface area contributed by atoms with Crippen molar-refractivity contribution in [2.45, 2.75) is 50.3 Å². The molecule has 0 aromatic heterocycles. The fourth-order valence-corrected chi connectivity index (χ4v) is 6.98. The number of nitro benzene ring substituents is 1. The summed E-state index contributed by atoms with van der Waals surface area (Å²) in [7, 11) is -3.82. The minimum absolute atomic E-state index is 0.276. The molecule has 36 heavy (non-hydrogen) atoms. The third-order valence-electron chi connectivity index (χ3n) is 6.77. The van der Waals surface area contributed by atoms with Crippen LogP contribution in [-0.4, -0.2) is 46.6 Å². The molecule has 5 rings (SSSR count). The molecule has 2 aromatic rings. The monoisotopic (exact) mass is 525 g/mol. The highest BCUT2D eigenvalue weighted by Crippen LogP contribution is 2.64. The second kappa shape index (κ2) is 9.78. The normalized spacial score (nSPS) is 20.2. The van der Waals surface area contributed by atoms with E-state index in [2.05, 4.69) is 0 Å². The van der Waals surface area contributed by atoms with Crippen LogP contribution in [0.25, 0.3) is 0 Å². The van der Waals surface area contributed by atoms with Gasteiger partial charge in [-0.15, -0.1) is 0 Å². The van der Waals surface area contributed by atoms with Crippen molar-refractivity contribution < 1.29 is 31.9 Å². The topological polar surface area (TPSA) is 84.7 Å². The van der Waals surface area contributed by atoms with Gasteiger partial charge >= 0.3 is 19.5 Å². The maximum Gasteiger partial charge on any atom is 0.419 e. The van der Waals surface area contributed by atoms with Crippen molar-refractivity contribution in [2.75, 3.05) is 26.2 Å². The molecular weight excluding hydrogens is 498 g/mol. The summed E-state index contributed by atoms with van der Waals surface area (Å²) in [6.45, 7) is 1.57. The average Bonchev–Trinajstić information content (AvgIpc) is 3.75. The number of benzene rings is 2. The van der Waals surface area contributed by atoms with Crippen LogP contribution in [0.3, 0.4) is 0 Å². The minimum Gasteiger partial charge on any atom is -0.450 e. The Kier molecular flexibility index (Phi) is 6.84. The SMILES string of the molecule is O=[N+]([O-])c1ccc(C(OP(=O)(N2CC2)N2CC2)C(F)(F)F)cc1Oc1ccc(C2CCCCC2)cc1. The molecule has 194 valence electrons. The summed E-state index contributed by atoms with van der Waals surface area (Å²) in [5.41, 5.74) is 0.263. The molecule has 2 aromatic carbocycles. The molecule has 0 amide bonds. The lowest BCUT2D eigenvalue weighted by molar-refractivity contribution is -0.385. The Labute approximate surface area is 206 Å². The molecule has 12 heteroatoms. The van der Waals surface area contributed by atoms with Crippen molar-refractivity contribution >= 4 is 13.4 Å². The lowest BCUT2D eigenvalue weighted by Gasteiger charge is -2.28. The van der Waals surface area contributed by atoms with Crippen LogP contribution >= 0.6 is 7.67 Å². The van der Waals surface area contributed by atoms with Gasteiger partial charge in [-0.05, 0) is 54.2 Å². The Morgan fingerprint density at radius 1 is 0.972 bits per heavy atom. The molecule has 1 aliphatic carbocycles. The van der Waals surface area contributed by atoms with Gasteiger partial charge in [0.25, 0.3) is 0 Å². The number of nitrogens with zero attached hydrogens (tertiary/aromatic N) is 3. The van der Waals surface area contributed by atoms with E-state index in [1.807, 2.05) is 12.1 Å². The molecule has 1 unspecified atom stereocenters. The van der Waals surface area contributed by atoms with Crippen molar-refractivity contribution in [3.05, 3.63) is 63.7 Å². The molecule has 3 fully saturated rings. The van der Waals surface area contributed by atoms with Crippen LogP contribution in [0.5, 0.6) is 11.5 Å². The first-order valence-corrected chi connectivity index (χ1v) is 13.6. The van der Waals surface area contributed by atoms with Gasteiger partial charge in [0.2, 0.25) is 5.75 Å². The Balaban J connectivity index is 1.42. The van der Waals surface area contributed by atoms with Crippen molar-refractivity contribution in [3.63, 3.8) is 0 Å². The summed E-state index contributed by atoms with van der Waals surface area (Å²) in [6.07, 6.45) is -1.64. The van der Waals surface area contributed by atoms with Crippen LogP contribution in [-0.2, 0) is 9.09 Å². The molecule has 2 saturated heterocycles. The Hall–Kier alpha value is -2.46. The standard InChI is InChI=1S/C24H27F3N3O5P/c25-24(26,27)23(35-36(33,28-12-13-28)29-14-15-29)19-8-11-21(30(31)32)22(16-19)34-20-9-6-18(7-10-20)17-4-2-1-3-5-17/h6-11,16-17,23H,1-5,12-15H2. The Morgan fingerprint density at radius 2 is 1.58 bits per heavy atom. The van der Waals surface area contributed by atoms with E-state index in [9.17, 15) is 27.9 Å². The van der Waals surface area contributed by atoms with E-state index in [1.165, 1.54) is 28.6 Å². The van der Waals surface area contributed by atoms with Gasteiger partial charge in [0.1, 0.15) is 5.75 Å². The van der Waals surface area contributed by atoms with Crippen LogP contribution in [0.2, 0.25) is 0 Å². The largest absolute Gasteiger partial charge is 0.450 e. The van der Waals surface area contributed by atoms with E-state index in [4.69, 9.17) is 9.26 Å². The molecule has 2 heterocycles. The van der Waals surface area contributed by atoms with Gasteiger partial charge in [-0.2, -0.15) is 13.2 Å². The third kappa shape index (κ3) is 5.44. The summed E-state index contributed by atoms with van der Waals surface area (Å²) in [6, 6.07) is 10.0. The number of hydrogen-bond donors (Lipinski definition) is 0. The highest BCUT2D eigenvalue weighted by atomic mass is 31.2. The highest BCUT2D eigenvalue weighted by molar-refractivity contribution is 7.54. The number of nitro groups is 1. The Morgan fingerprint density at radius 3 is 2.11 bits per heavy atom. The summed E-state index contributed by atoms with van der Waals surface area (Å²) in [5.74, 6) is 0.391. The van der Waals surface area contributed by atoms with E-state index >= 15 is 0 Å². The van der Waals surface area contributed by atoms with Crippen molar-refractivity contribution in [1.29, 1.82) is 0 Å². The molecule has 0 spiro atoms. The fourth-order valence-electron chi connectivity index (χ4n) is 4.65. The highest BCUT2D eigenvalue weighted by Gasteiger charge is 2.55. The second-order valence-electron chi connectivity index (χ2n) is 9.42. The van der Waals surface area contributed by atoms with Crippen LogP contribution in [0.15, 0.2) is 42.5 Å². The lowest BCUT2D eigenvalue weighted by Crippen LogP contribution is -2.25. The zero-order chi connectivity index (χ0) is 25.5. The Bertz CT molecular complexity index is 1150. The van der Waals surface area contributed by atoms with Gasteiger partial charge in [-0.3, -0.25) is 19.2 Å². The van der Waals surface area contributed by atoms with Gasteiger partial charge in [0.05, 0.1) is 4.92 Å². The quantitative estimate of drug-likeness (QED) is 0.154. The third-order valence-corrected chi connectivity index (χ3v) is 9.49. The summed E-state index contributed by atoms with van der Waals surface area (Å²) in [4.78, 5) is 10.9. The fraction of sp³-hybridized carbons (Fsp3) is 0.500. The van der Waals surface area contributed by atoms with E-state index in [-0.39, 0.29) is 11.5 Å². The van der Waals surface area contributed by atoms with Crippen LogP contribution < -0.4 is 4.74 Å². The number of alkyl halides is 3. The summed E-state index contributed by atoms with van der Waals surface area (Å²) >= 11 is 0. The van der Waals surface area contributed by atoms with Gasteiger partial charge < -0.3 is 4.74 Å². The molecule has 0 N–H and O–H groups in total. The second-order valence-corrected chi connectivity index (χ2v) is 11.7. The number of halogens is 3. The first-order valence-electron chi connectivity index (χ1n) is 12.1. The minimum atomic E-state index is -4.89. The van der Waals surface area contributed by atoms with E-state index in [0.717, 1.165) is 36.6 Å². The first kappa shape index (κ1) is 25.2. The van der Waals surface area contributed by atoms with Crippen LogP contribution in [0, 0.1) is 10.1 Å². The molecule has 1 saturated carbocycles. The maximum atomic E-state index is 14.1. The van der Waals surface area contributed by atoms with Gasteiger partial charge in [-0.25, -0.2) is 9.34 Å². The molecule has 0 bridgehead atoms. The van der Waals surface area contributed by atoms with Crippen LogP contribution in [0.4, 0.5) is 18.9 Å². The van der Waals surface area contributed by atoms with Gasteiger partial charge in [0.15, 0.2) is 6.10 Å². The number of rotatable bonds is 9. The molecule has 3 aliphatic rings. The predicted octanol–water partition coefficient (Wildman–Crippen LogP) is 6.79. The van der Waals surface area contributed by atoms with E-state index in [1.54, 1.807) is 12.1 Å². The van der Waals surface area contributed by atoms with Crippen molar-refractivity contribution in [1.82, 2.24) is 9.34 Å². The van der Waals surface area contributed by atoms with Crippen molar-refractivity contribution in [3.8, 4) is 11.5 Å².